The molecule has 0 rings (SSSR count). The van der Waals surface area contributed by atoms with E-state index in [0.717, 1.165) is 0 Å². The number of rotatable bonds is 0. The minimum Gasteiger partial charge on any atom is -0.512 e. The molecule has 0 aromatic rings. The molecule has 0 unspecified atom stereocenters. The van der Waals surface area contributed by atoms with Crippen LogP contribution in [0.2, 0.25) is 0 Å². The van der Waals surface area contributed by atoms with Crippen LogP contribution in [0, 0.1) is 71.0 Å². The van der Waals surface area contributed by atoms with Crippen molar-refractivity contribution in [2.75, 3.05) is 0 Å². The van der Waals surface area contributed by atoms with Crippen molar-refractivity contribution in [2.24, 2.45) is 0 Å². The first-order valence-electron chi connectivity index (χ1n) is 1.34. The van der Waals surface area contributed by atoms with E-state index in [2.05, 4.69) is 0 Å². The molecule has 6 nitrogen and oxygen atoms in total. The molecule has 0 radical (unpaired) electrons. The maximum atomic E-state index is 6.25. The summed E-state index contributed by atoms with van der Waals surface area (Å²) in [6.45, 7) is 28.5. The van der Waals surface area contributed by atoms with Crippen molar-refractivity contribution in [1.82, 2.24) is 0 Å². The van der Waals surface area contributed by atoms with Gasteiger partial charge >= 0.3 is 21.1 Å². The molecule has 0 aliphatic carbocycles. The Hall–Kier alpha value is -2.37. The van der Waals surface area contributed by atoms with Gasteiger partial charge in [0.1, 0.15) is 0 Å². The predicted molar refractivity (Wildman–Crippen MR) is 29.8 cm³/mol. The summed E-state index contributed by atoms with van der Waals surface area (Å²) in [5, 5.41) is 37.5. The smallest absolute Gasteiger partial charge is 0.512 e. The van der Waals surface area contributed by atoms with Crippen LogP contribution in [0.25, 0.3) is 0 Å². The van der Waals surface area contributed by atoms with Gasteiger partial charge in [0.15, 0.2) is 0 Å². The molecule has 0 saturated carbocycles. The molecule has 0 atom stereocenters. The molecule has 0 aliphatic rings. The van der Waals surface area contributed by atoms with Gasteiger partial charge in [-0.2, -0.15) is 0 Å². The van der Waals surface area contributed by atoms with Crippen LogP contribution in [0.4, 0.5) is 0 Å². The molecule has 0 fully saturated rings. The van der Waals surface area contributed by atoms with Gasteiger partial charge in [0.05, 0.1) is 0 Å². The third-order valence-corrected chi connectivity index (χ3v) is 0. The Labute approximate surface area is 92.3 Å². The normalized spacial score (nSPS) is 0.923. The van der Waals surface area contributed by atoms with Crippen LogP contribution < -0.4 is 0 Å². The van der Waals surface area contributed by atoms with Crippen LogP contribution in [0.3, 0.4) is 0 Å². The third kappa shape index (κ3) is 99.6. The summed E-state index contributed by atoms with van der Waals surface area (Å²) < 4.78 is 0. The van der Waals surface area contributed by atoms with Crippen LogP contribution in [-0.4, -0.2) is 0 Å². The van der Waals surface area contributed by atoms with Crippen LogP contribution in [0.15, 0.2) is 0 Å². The second-order valence-corrected chi connectivity index (χ2v) is 0. The molecule has 0 aliphatic heterocycles. The third-order valence-electron chi connectivity index (χ3n) is 0. The largest absolute Gasteiger partial charge is 2.00 e. The van der Waals surface area contributed by atoms with Crippen molar-refractivity contribution in [3.05, 3.63) is 39.4 Å². The Kier molecular flexibility index (Phi) is 734. The van der Waals surface area contributed by atoms with Gasteiger partial charge in [-0.25, -0.2) is 0 Å². The summed E-state index contributed by atoms with van der Waals surface area (Å²) in [5.41, 5.74) is 0. The minimum absolute atomic E-state index is 0. The fraction of sp³-hybridized carbons (Fsp3) is 0. The fourth-order valence-electron chi connectivity index (χ4n) is 0. The zero-order chi connectivity index (χ0) is 12.0. The van der Waals surface area contributed by atoms with Gasteiger partial charge in [-0.15, -0.1) is 0 Å². The molecule has 0 spiro atoms. The van der Waals surface area contributed by atoms with Crippen molar-refractivity contribution in [1.29, 1.82) is 31.6 Å². The van der Waals surface area contributed by atoms with Gasteiger partial charge in [-0.3, -0.25) is 0 Å². The summed E-state index contributed by atoms with van der Waals surface area (Å²) >= 11 is 0. The van der Waals surface area contributed by atoms with Crippen molar-refractivity contribution < 1.29 is 21.1 Å². The second kappa shape index (κ2) is 127. The van der Waals surface area contributed by atoms with Gasteiger partial charge in [0, 0.05) is 0 Å². The zero-order valence-corrected chi connectivity index (χ0v) is 8.10. The van der Waals surface area contributed by atoms with E-state index in [1.54, 1.807) is 0 Å². The number of hydrogen-bond donors (Lipinski definition) is 0. The molecule has 0 aromatic heterocycles. The maximum absolute atomic E-state index is 6.25. The van der Waals surface area contributed by atoms with E-state index < -0.39 is 0 Å². The van der Waals surface area contributed by atoms with E-state index in [0.29, 0.717) is 0 Å². The van der Waals surface area contributed by atoms with E-state index in [-0.39, 0.29) is 21.1 Å². The minimum atomic E-state index is 0. The molecule has 64 valence electrons. The molecular weight excluding hydrogens is 252 g/mol. The monoisotopic (exact) mass is 254 g/mol. The van der Waals surface area contributed by atoms with Gasteiger partial charge < -0.3 is 71.0 Å². The van der Waals surface area contributed by atoms with Crippen molar-refractivity contribution in [3.8, 4) is 0 Å². The first kappa shape index (κ1) is 74.8. The topological polar surface area (TPSA) is 143 Å². The fourth-order valence-corrected chi connectivity index (χ4v) is 0. The Morgan fingerprint density at radius 3 is 0.308 bits per heavy atom. The van der Waals surface area contributed by atoms with Crippen LogP contribution in [-0.2, 0) is 21.1 Å². The summed E-state index contributed by atoms with van der Waals surface area (Å²) in [4.78, 5) is 0. The Bertz CT molecular complexity index is 92.1. The Balaban J connectivity index is -0.00000000655. The molecule has 0 heterocycles. The first-order valence-corrected chi connectivity index (χ1v) is 1.34. The van der Waals surface area contributed by atoms with Gasteiger partial charge in [0.2, 0.25) is 0 Å². The van der Waals surface area contributed by atoms with Crippen molar-refractivity contribution in [2.45, 2.75) is 0 Å². The van der Waals surface area contributed by atoms with Crippen molar-refractivity contribution in [3.63, 3.8) is 0 Å². The average Bonchev–Trinajstić information content (AvgIpc) is 2.33. The maximum Gasteiger partial charge on any atom is 2.00 e. The summed E-state index contributed by atoms with van der Waals surface area (Å²) in [6.07, 6.45) is 0. The Morgan fingerprint density at radius 1 is 0.308 bits per heavy atom. The molecule has 7 heteroatoms. The standard InChI is InChI=1S/6CN.Mo/c6*1-2;/q6*-1;+2. The molecular formula is C6MoN6-4. The summed E-state index contributed by atoms with van der Waals surface area (Å²) in [5.74, 6) is 0. The molecule has 0 bridgehead atoms. The first-order chi connectivity index (χ1) is 6.00. The second-order valence-electron chi connectivity index (χ2n) is 0. The van der Waals surface area contributed by atoms with E-state index in [1.807, 2.05) is 0 Å². The van der Waals surface area contributed by atoms with Crippen molar-refractivity contribution >= 4 is 0 Å². The molecule has 0 amide bonds. The van der Waals surface area contributed by atoms with Crippen LogP contribution >= 0.6 is 0 Å². The zero-order valence-electron chi connectivity index (χ0n) is 6.09. The van der Waals surface area contributed by atoms with Gasteiger partial charge in [0.25, 0.3) is 0 Å². The van der Waals surface area contributed by atoms with Crippen LogP contribution in [0.5, 0.6) is 0 Å². The van der Waals surface area contributed by atoms with E-state index >= 15 is 0 Å². The average molecular weight is 252 g/mol. The van der Waals surface area contributed by atoms with E-state index in [4.69, 9.17) is 71.0 Å². The molecule has 0 saturated heterocycles. The number of hydrogen-bond acceptors (Lipinski definition) is 6. The molecule has 13 heavy (non-hydrogen) atoms. The van der Waals surface area contributed by atoms with E-state index in [1.165, 1.54) is 0 Å². The SMILES string of the molecule is [C-]#N.[C-]#N.[C-]#N.[C-]#N.[C-]#N.[C-]#N.[Mo+2]. The number of nitrogens with zero attached hydrogens (tertiary/aromatic N) is 6. The summed E-state index contributed by atoms with van der Waals surface area (Å²) in [7, 11) is 0. The van der Waals surface area contributed by atoms with Crippen LogP contribution in [0.1, 0.15) is 0 Å². The Morgan fingerprint density at radius 2 is 0.308 bits per heavy atom. The molecule has 0 N–H and O–H groups in total. The van der Waals surface area contributed by atoms with Gasteiger partial charge in [-0.1, -0.05) is 0 Å². The predicted octanol–water partition coefficient (Wildman–Crippen LogP) is 0.576. The molecule has 0 aromatic carbocycles. The van der Waals surface area contributed by atoms with Gasteiger partial charge in [-0.05, 0) is 0 Å². The van der Waals surface area contributed by atoms with E-state index in [9.17, 15) is 0 Å². The summed E-state index contributed by atoms with van der Waals surface area (Å²) in [6, 6.07) is 0. The quantitative estimate of drug-likeness (QED) is 0.455.